The summed E-state index contributed by atoms with van der Waals surface area (Å²) in [7, 11) is 0. The highest BCUT2D eigenvalue weighted by atomic mass is 16.7. The molecule has 0 aromatic heterocycles. The third-order valence-electron chi connectivity index (χ3n) is 4.48. The van der Waals surface area contributed by atoms with Gasteiger partial charge in [-0.05, 0) is 43.0 Å². The van der Waals surface area contributed by atoms with Crippen LogP contribution in [0.1, 0.15) is 43.7 Å². The summed E-state index contributed by atoms with van der Waals surface area (Å²) in [5.41, 5.74) is 1.73. The van der Waals surface area contributed by atoms with Crippen molar-refractivity contribution in [1.82, 2.24) is 0 Å². The first-order chi connectivity index (χ1) is 13.7. The van der Waals surface area contributed by atoms with Gasteiger partial charge in [-0.2, -0.15) is 0 Å². The fourth-order valence-electron chi connectivity index (χ4n) is 3.04. The Kier molecular flexibility index (Phi) is 7.73. The van der Waals surface area contributed by atoms with Crippen LogP contribution in [0, 0.1) is 0 Å². The van der Waals surface area contributed by atoms with Crippen LogP contribution < -0.4 is 9.47 Å². The molecule has 2 aromatic rings. The monoisotopic (exact) mass is 384 g/mol. The van der Waals surface area contributed by atoms with Crippen molar-refractivity contribution in [2.45, 2.75) is 51.9 Å². The summed E-state index contributed by atoms with van der Waals surface area (Å²) >= 11 is 0. The fourth-order valence-corrected chi connectivity index (χ4v) is 3.04. The van der Waals surface area contributed by atoms with Gasteiger partial charge in [0.05, 0.1) is 19.6 Å². The van der Waals surface area contributed by atoms with E-state index in [1.807, 2.05) is 48.5 Å². The highest BCUT2D eigenvalue weighted by Gasteiger charge is 2.16. The molecule has 1 aliphatic heterocycles. The number of ether oxygens (including phenoxy) is 4. The van der Waals surface area contributed by atoms with Gasteiger partial charge in [-0.25, -0.2) is 0 Å². The van der Waals surface area contributed by atoms with Gasteiger partial charge in [-0.3, -0.25) is 4.79 Å². The van der Waals surface area contributed by atoms with Gasteiger partial charge in [0, 0.05) is 12.0 Å². The molecule has 0 saturated carbocycles. The van der Waals surface area contributed by atoms with Crippen molar-refractivity contribution in [1.29, 1.82) is 0 Å². The zero-order valence-corrected chi connectivity index (χ0v) is 16.4. The maximum absolute atomic E-state index is 12.3. The summed E-state index contributed by atoms with van der Waals surface area (Å²) in [5, 5.41) is 0. The largest absolute Gasteiger partial charge is 0.493 e. The Morgan fingerprint density at radius 2 is 2.04 bits per heavy atom. The van der Waals surface area contributed by atoms with Crippen LogP contribution in [-0.4, -0.2) is 25.5 Å². The number of para-hydroxylation sites is 1. The van der Waals surface area contributed by atoms with E-state index >= 15 is 0 Å². The summed E-state index contributed by atoms with van der Waals surface area (Å²) in [6.45, 7) is 3.63. The molecule has 0 N–H and O–H groups in total. The van der Waals surface area contributed by atoms with Crippen LogP contribution in [0.3, 0.4) is 0 Å². The molecule has 1 saturated heterocycles. The lowest BCUT2D eigenvalue weighted by Gasteiger charge is -2.23. The van der Waals surface area contributed by atoms with Gasteiger partial charge >= 0.3 is 5.97 Å². The number of carbonyl (C=O) groups is 1. The van der Waals surface area contributed by atoms with E-state index in [0.717, 1.165) is 54.9 Å². The Labute approximate surface area is 166 Å². The van der Waals surface area contributed by atoms with Gasteiger partial charge in [0.1, 0.15) is 18.1 Å². The van der Waals surface area contributed by atoms with Crippen molar-refractivity contribution in [2.75, 3.05) is 13.2 Å². The second kappa shape index (κ2) is 10.7. The summed E-state index contributed by atoms with van der Waals surface area (Å²) in [5.74, 6) is 1.20. The molecular weight excluding hydrogens is 356 g/mol. The highest BCUT2D eigenvalue weighted by Crippen LogP contribution is 2.22. The lowest BCUT2D eigenvalue weighted by molar-refractivity contribution is -0.144. The predicted octanol–water partition coefficient (Wildman–Crippen LogP) is 4.67. The predicted molar refractivity (Wildman–Crippen MR) is 106 cm³/mol. The average molecular weight is 384 g/mol. The third-order valence-corrected chi connectivity index (χ3v) is 4.48. The van der Waals surface area contributed by atoms with E-state index in [2.05, 4.69) is 6.92 Å². The van der Waals surface area contributed by atoms with E-state index in [9.17, 15) is 4.79 Å². The van der Waals surface area contributed by atoms with E-state index < -0.39 is 0 Å². The standard InChI is InChI=1S/C23H28O5/c1-2-13-25-21-11-4-3-9-19(21)17-27-22(24)16-18-8-7-10-20(15-18)28-23-12-5-6-14-26-23/h3-4,7-11,15,23H,2,5-6,12-14,16-17H2,1H3. The smallest absolute Gasteiger partial charge is 0.310 e. The Bertz CT molecular complexity index is 752. The van der Waals surface area contributed by atoms with E-state index in [1.54, 1.807) is 0 Å². The topological polar surface area (TPSA) is 54.0 Å². The van der Waals surface area contributed by atoms with Crippen LogP contribution in [0.15, 0.2) is 48.5 Å². The first-order valence-electron chi connectivity index (χ1n) is 9.98. The minimum Gasteiger partial charge on any atom is -0.493 e. The quantitative estimate of drug-likeness (QED) is 0.588. The average Bonchev–Trinajstić information content (AvgIpc) is 2.72. The van der Waals surface area contributed by atoms with Gasteiger partial charge in [-0.15, -0.1) is 0 Å². The number of rotatable bonds is 9. The van der Waals surface area contributed by atoms with Gasteiger partial charge < -0.3 is 18.9 Å². The molecule has 1 atom stereocenters. The molecule has 28 heavy (non-hydrogen) atoms. The van der Waals surface area contributed by atoms with Crippen molar-refractivity contribution in [3.8, 4) is 11.5 Å². The van der Waals surface area contributed by atoms with E-state index in [1.165, 1.54) is 0 Å². The van der Waals surface area contributed by atoms with Crippen LogP contribution in [-0.2, 0) is 27.3 Å². The molecule has 5 nitrogen and oxygen atoms in total. The van der Waals surface area contributed by atoms with E-state index in [-0.39, 0.29) is 25.3 Å². The van der Waals surface area contributed by atoms with Crippen molar-refractivity contribution < 1.29 is 23.7 Å². The van der Waals surface area contributed by atoms with Crippen molar-refractivity contribution >= 4 is 5.97 Å². The van der Waals surface area contributed by atoms with Crippen molar-refractivity contribution in [3.05, 3.63) is 59.7 Å². The summed E-state index contributed by atoms with van der Waals surface area (Å²) in [4.78, 5) is 12.3. The van der Waals surface area contributed by atoms with E-state index in [4.69, 9.17) is 18.9 Å². The van der Waals surface area contributed by atoms with Crippen LogP contribution in [0.5, 0.6) is 11.5 Å². The molecule has 0 spiro atoms. The lowest BCUT2D eigenvalue weighted by atomic mass is 10.1. The third kappa shape index (κ3) is 6.27. The fraction of sp³-hybridized carbons (Fsp3) is 0.435. The molecule has 0 radical (unpaired) electrons. The maximum atomic E-state index is 12.3. The van der Waals surface area contributed by atoms with Gasteiger partial charge in [0.15, 0.2) is 6.29 Å². The molecule has 0 aliphatic carbocycles. The SMILES string of the molecule is CCCOc1ccccc1COC(=O)Cc1cccc(OC2CCCCO2)c1. The first kappa shape index (κ1) is 20.2. The molecule has 2 aromatic carbocycles. The lowest BCUT2D eigenvalue weighted by Crippen LogP contribution is -2.25. The Morgan fingerprint density at radius 1 is 1.14 bits per heavy atom. The molecule has 1 unspecified atom stereocenters. The summed E-state index contributed by atoms with van der Waals surface area (Å²) in [6, 6.07) is 15.2. The van der Waals surface area contributed by atoms with Crippen LogP contribution in [0.2, 0.25) is 0 Å². The van der Waals surface area contributed by atoms with Crippen molar-refractivity contribution in [2.24, 2.45) is 0 Å². The molecule has 150 valence electrons. The normalized spacial score (nSPS) is 16.4. The zero-order valence-electron chi connectivity index (χ0n) is 16.4. The first-order valence-corrected chi connectivity index (χ1v) is 9.98. The molecule has 0 amide bonds. The number of benzene rings is 2. The molecule has 5 heteroatoms. The van der Waals surface area contributed by atoms with Gasteiger partial charge in [0.2, 0.25) is 0 Å². The minimum atomic E-state index is -0.281. The number of hydrogen-bond donors (Lipinski definition) is 0. The minimum absolute atomic E-state index is 0.195. The number of hydrogen-bond acceptors (Lipinski definition) is 5. The van der Waals surface area contributed by atoms with Crippen LogP contribution >= 0.6 is 0 Å². The molecule has 1 heterocycles. The number of carbonyl (C=O) groups excluding carboxylic acids is 1. The Morgan fingerprint density at radius 3 is 2.86 bits per heavy atom. The Balaban J connectivity index is 1.51. The Hall–Kier alpha value is -2.53. The van der Waals surface area contributed by atoms with E-state index in [0.29, 0.717) is 6.61 Å². The van der Waals surface area contributed by atoms with Gasteiger partial charge in [-0.1, -0.05) is 37.3 Å². The molecule has 1 fully saturated rings. The molecule has 0 bridgehead atoms. The zero-order chi connectivity index (χ0) is 19.6. The highest BCUT2D eigenvalue weighted by molar-refractivity contribution is 5.72. The number of esters is 1. The second-order valence-corrected chi connectivity index (χ2v) is 6.86. The summed E-state index contributed by atoms with van der Waals surface area (Å²) < 4.78 is 22.6. The molecule has 3 rings (SSSR count). The molecular formula is C23H28O5. The van der Waals surface area contributed by atoms with Crippen LogP contribution in [0.4, 0.5) is 0 Å². The maximum Gasteiger partial charge on any atom is 0.310 e. The van der Waals surface area contributed by atoms with Crippen molar-refractivity contribution in [3.63, 3.8) is 0 Å². The van der Waals surface area contributed by atoms with Crippen LogP contribution in [0.25, 0.3) is 0 Å². The summed E-state index contributed by atoms with van der Waals surface area (Å²) in [6.07, 6.45) is 4.01. The van der Waals surface area contributed by atoms with Gasteiger partial charge in [0.25, 0.3) is 0 Å². The second-order valence-electron chi connectivity index (χ2n) is 6.86. The molecule has 1 aliphatic rings.